The average molecular weight is 185 g/mol. The molecule has 0 aliphatic rings. The molecule has 0 aliphatic carbocycles. The summed E-state index contributed by atoms with van der Waals surface area (Å²) in [6, 6.07) is -1.06. The Morgan fingerprint density at radius 3 is 2.18 bits per heavy atom. The zero-order chi connectivity index (χ0) is 8.15. The van der Waals surface area contributed by atoms with Gasteiger partial charge in [0, 0.05) is 6.42 Å². The van der Waals surface area contributed by atoms with Gasteiger partial charge in [-0.3, -0.25) is 9.59 Å². The van der Waals surface area contributed by atoms with E-state index >= 15 is 0 Å². The molecule has 0 aliphatic heterocycles. The highest BCUT2D eigenvalue weighted by Crippen LogP contribution is 1.93. The topological polar surface area (TPSA) is 101 Å². The summed E-state index contributed by atoms with van der Waals surface area (Å²) in [5.74, 6) is -2.20. The first kappa shape index (κ1) is 12.8. The third-order valence-electron chi connectivity index (χ3n) is 0.986. The zero-order valence-electron chi connectivity index (χ0n) is 6.69. The molecule has 0 fully saturated rings. The van der Waals surface area contributed by atoms with E-state index in [9.17, 15) is 9.59 Å². The Labute approximate surface area is 71.1 Å². The summed E-state index contributed by atoms with van der Waals surface area (Å²) in [5.41, 5.74) is 5.00. The fraction of sp³-hybridized carbons (Fsp3) is 0.600. The lowest BCUT2D eigenvalue weighted by Crippen LogP contribution is -2.30. The predicted molar refractivity (Wildman–Crippen MR) is 40.8 cm³/mol. The third kappa shape index (κ3) is 7.08. The molecule has 0 spiro atoms. The van der Waals surface area contributed by atoms with Gasteiger partial charge in [-0.1, -0.05) is 0 Å². The Kier molecular flexibility index (Phi) is 6.92. The second-order valence-corrected chi connectivity index (χ2v) is 1.88. The van der Waals surface area contributed by atoms with Crippen LogP contribution in [0.4, 0.5) is 0 Å². The smallest absolute Gasteiger partial charge is 0.481 e. The van der Waals surface area contributed by atoms with E-state index in [-0.39, 0.29) is 26.7 Å². The highest BCUT2D eigenvalue weighted by atomic mass is 35.5. The van der Waals surface area contributed by atoms with Crippen molar-refractivity contribution >= 4 is 24.3 Å². The van der Waals surface area contributed by atoms with Crippen LogP contribution < -0.4 is 5.73 Å². The minimum atomic E-state index is -1.17. The minimum Gasteiger partial charge on any atom is -0.481 e. The number of rotatable bonds is 4. The molecule has 0 saturated heterocycles. The molecule has 0 aromatic heterocycles. The molecule has 0 rings (SSSR count). The van der Waals surface area contributed by atoms with Crippen molar-refractivity contribution in [3.8, 4) is 0 Å². The molecule has 0 saturated carbocycles. The molecule has 1 atom stereocenters. The Balaban J connectivity index is -0.000000405. The summed E-state index contributed by atoms with van der Waals surface area (Å²) < 4.78 is 0. The molecule has 66 valence electrons. The quantitative estimate of drug-likeness (QED) is 0.562. The Hall–Kier alpha value is -0.810. The summed E-state index contributed by atoms with van der Waals surface area (Å²) in [5, 5.41) is 16.3. The number of aliphatic carboxylic acids is 2. The van der Waals surface area contributed by atoms with Crippen LogP contribution in [0, 0.1) is 0 Å². The summed E-state index contributed by atoms with van der Waals surface area (Å²) in [4.78, 5) is 19.9. The van der Waals surface area contributed by atoms with Gasteiger partial charge in [0.25, 0.3) is 0 Å². The van der Waals surface area contributed by atoms with Gasteiger partial charge >= 0.3 is 13.4 Å². The molecule has 0 aromatic carbocycles. The van der Waals surface area contributed by atoms with Crippen LogP contribution >= 0.6 is 12.4 Å². The Bertz CT molecular complexity index is 154. The lowest BCUT2D eigenvalue weighted by atomic mass is 10.2. The second-order valence-electron chi connectivity index (χ2n) is 1.88. The van der Waals surface area contributed by atoms with E-state index in [1.165, 1.54) is 0 Å². The van der Waals surface area contributed by atoms with Crippen LogP contribution in [0.2, 0.25) is 0 Å². The van der Waals surface area contributed by atoms with Crippen molar-refractivity contribution in [2.75, 3.05) is 0 Å². The van der Waals surface area contributed by atoms with Gasteiger partial charge in [0.1, 0.15) is 6.04 Å². The zero-order valence-corrected chi connectivity index (χ0v) is 6.50. The van der Waals surface area contributed by atoms with E-state index in [2.05, 4.69) is 0 Å². The number of halogens is 1. The highest BCUT2D eigenvalue weighted by molar-refractivity contribution is 5.85. The molecule has 11 heavy (non-hydrogen) atoms. The molecule has 0 heterocycles. The normalized spacial score (nSPS) is 11.4. The molecule has 4 N–H and O–H groups in total. The van der Waals surface area contributed by atoms with Crippen molar-refractivity contribution in [2.24, 2.45) is 5.73 Å². The lowest BCUT2D eigenvalue weighted by Gasteiger charge is -2.01. The maximum atomic E-state index is 9.99. The maximum absolute atomic E-state index is 9.99. The highest BCUT2D eigenvalue weighted by Gasteiger charge is 2.12. The monoisotopic (exact) mass is 184 g/mol. The van der Waals surface area contributed by atoms with E-state index in [0.717, 1.165) is 0 Å². The van der Waals surface area contributed by atoms with Crippen LogP contribution in [0.5, 0.6) is 0 Å². The maximum Gasteiger partial charge on any atom is 1.00 e. The van der Waals surface area contributed by atoms with Gasteiger partial charge in [0.05, 0.1) is 0 Å². The second kappa shape index (κ2) is 5.94. The fourth-order valence-corrected chi connectivity index (χ4v) is 0.402. The number of hydrogen-bond donors (Lipinski definition) is 3. The predicted octanol–water partition coefficient (Wildman–Crippen LogP) is -0.203. The van der Waals surface area contributed by atoms with Crippen molar-refractivity contribution in [1.82, 2.24) is 0 Å². The number of carboxylic acid groups (broad SMARTS) is 2. The SMILES string of the molecule is Cl.NC(CCC(=O)O)C(=O)O.[H+]. The standard InChI is InChI=1S/C5H9NO4.ClH/c6-3(5(9)10)1-2-4(7)8;/h3H,1-2,6H2,(H,7,8)(H,9,10);1H/p+1. The van der Waals surface area contributed by atoms with E-state index in [1.807, 2.05) is 0 Å². The first-order valence-electron chi connectivity index (χ1n) is 2.74. The molecular weight excluding hydrogens is 174 g/mol. The first-order chi connectivity index (χ1) is 4.54. The molecule has 0 aromatic rings. The van der Waals surface area contributed by atoms with Gasteiger partial charge in [0.15, 0.2) is 0 Å². The number of hydrogen-bond acceptors (Lipinski definition) is 3. The van der Waals surface area contributed by atoms with E-state index < -0.39 is 18.0 Å². The molecule has 1 unspecified atom stereocenters. The van der Waals surface area contributed by atoms with Crippen LogP contribution in [-0.4, -0.2) is 28.2 Å². The summed E-state index contributed by atoms with van der Waals surface area (Å²) >= 11 is 0. The van der Waals surface area contributed by atoms with E-state index in [1.54, 1.807) is 0 Å². The van der Waals surface area contributed by atoms with Crippen LogP contribution in [0.25, 0.3) is 0 Å². The van der Waals surface area contributed by atoms with Gasteiger partial charge in [-0.15, -0.1) is 12.4 Å². The van der Waals surface area contributed by atoms with Crippen molar-refractivity contribution in [3.63, 3.8) is 0 Å². The molecule has 0 bridgehead atoms. The lowest BCUT2D eigenvalue weighted by molar-refractivity contribution is -0.139. The first-order valence-corrected chi connectivity index (χ1v) is 2.74. The van der Waals surface area contributed by atoms with Crippen LogP contribution in [0.15, 0.2) is 0 Å². The van der Waals surface area contributed by atoms with Crippen molar-refractivity contribution in [1.29, 1.82) is 0 Å². The molecule has 5 nitrogen and oxygen atoms in total. The summed E-state index contributed by atoms with van der Waals surface area (Å²) in [6.45, 7) is 0. The van der Waals surface area contributed by atoms with Gasteiger partial charge < -0.3 is 15.9 Å². The summed E-state index contributed by atoms with van der Waals surface area (Å²) in [7, 11) is 0. The van der Waals surface area contributed by atoms with Gasteiger partial charge in [-0.25, -0.2) is 0 Å². The number of carbonyl (C=O) groups is 2. The third-order valence-corrected chi connectivity index (χ3v) is 0.986. The molecule has 0 radical (unpaired) electrons. The van der Waals surface area contributed by atoms with E-state index in [4.69, 9.17) is 15.9 Å². The van der Waals surface area contributed by atoms with Gasteiger partial charge in [0.2, 0.25) is 0 Å². The average Bonchev–Trinajstić information content (AvgIpc) is 1.82. The van der Waals surface area contributed by atoms with Crippen LogP contribution in [0.3, 0.4) is 0 Å². The molecular formula is C5H11ClNO4+. The number of nitrogens with two attached hydrogens (primary N) is 1. The van der Waals surface area contributed by atoms with Gasteiger partial charge in [-0.2, -0.15) is 0 Å². The summed E-state index contributed by atoms with van der Waals surface area (Å²) in [6.07, 6.45) is -0.224. The van der Waals surface area contributed by atoms with Crippen molar-refractivity contribution in [3.05, 3.63) is 0 Å². The Morgan fingerprint density at radius 1 is 1.45 bits per heavy atom. The molecule has 0 amide bonds. The fourth-order valence-electron chi connectivity index (χ4n) is 0.402. The number of carboxylic acids is 2. The van der Waals surface area contributed by atoms with E-state index in [0.29, 0.717) is 0 Å². The van der Waals surface area contributed by atoms with Crippen LogP contribution in [-0.2, 0) is 9.59 Å². The van der Waals surface area contributed by atoms with Crippen LogP contribution in [0.1, 0.15) is 14.3 Å². The van der Waals surface area contributed by atoms with Gasteiger partial charge in [-0.05, 0) is 6.42 Å². The van der Waals surface area contributed by atoms with Crippen molar-refractivity contribution < 1.29 is 21.2 Å². The molecule has 6 heteroatoms. The van der Waals surface area contributed by atoms with Crippen molar-refractivity contribution in [2.45, 2.75) is 18.9 Å². The Morgan fingerprint density at radius 2 is 1.91 bits per heavy atom. The minimum absolute atomic E-state index is 0. The largest absolute Gasteiger partial charge is 1.00 e.